The van der Waals surface area contributed by atoms with Gasteiger partial charge in [-0.15, -0.1) is 5.10 Å². The van der Waals surface area contributed by atoms with Crippen molar-refractivity contribution >= 4 is 0 Å². The Kier molecular flexibility index (Phi) is 3.92. The molecular weight excluding hydrogens is 266 g/mol. The molecule has 1 aliphatic carbocycles. The summed E-state index contributed by atoms with van der Waals surface area (Å²) in [5.74, 6) is 0.887. The molecule has 0 amide bonds. The van der Waals surface area contributed by atoms with Crippen LogP contribution in [-0.2, 0) is 16.7 Å². The van der Waals surface area contributed by atoms with Crippen molar-refractivity contribution < 1.29 is 9.47 Å². The predicted molar refractivity (Wildman–Crippen MR) is 79.5 cm³/mol. The highest BCUT2D eigenvalue weighted by molar-refractivity contribution is 5.43. The fraction of sp³-hybridized carbons (Fsp3) is 0.500. The van der Waals surface area contributed by atoms with E-state index in [-0.39, 0.29) is 5.41 Å². The van der Waals surface area contributed by atoms with Gasteiger partial charge < -0.3 is 9.47 Å². The lowest BCUT2D eigenvalue weighted by Gasteiger charge is -2.12. The lowest BCUT2D eigenvalue weighted by molar-refractivity contribution is 0.188. The Bertz CT molecular complexity index is 588. The molecule has 0 radical (unpaired) electrons. The van der Waals surface area contributed by atoms with Crippen LogP contribution in [-0.4, -0.2) is 35.8 Å². The largest absolute Gasteiger partial charge is 0.497 e. The molecule has 1 aromatic carbocycles. The first-order valence-corrected chi connectivity index (χ1v) is 7.32. The molecule has 0 N–H and O–H groups in total. The molecule has 1 heterocycles. The Balaban J connectivity index is 1.75. The predicted octanol–water partition coefficient (Wildman–Crippen LogP) is 2.40. The summed E-state index contributed by atoms with van der Waals surface area (Å²) in [4.78, 5) is 0. The summed E-state index contributed by atoms with van der Waals surface area (Å²) in [6, 6.07) is 8.29. The zero-order chi connectivity index (χ0) is 14.7. The Hall–Kier alpha value is -1.88. The van der Waals surface area contributed by atoms with Crippen molar-refractivity contribution in [1.82, 2.24) is 15.0 Å². The molecule has 2 aromatic rings. The Labute approximate surface area is 124 Å². The second-order valence-corrected chi connectivity index (χ2v) is 5.52. The van der Waals surface area contributed by atoms with Crippen molar-refractivity contribution in [1.29, 1.82) is 0 Å². The van der Waals surface area contributed by atoms with Crippen LogP contribution in [0.2, 0.25) is 0 Å². The molecular formula is C16H21N3O2. The van der Waals surface area contributed by atoms with Gasteiger partial charge in [-0.1, -0.05) is 17.3 Å². The fourth-order valence-electron chi connectivity index (χ4n) is 2.73. The Morgan fingerprint density at radius 3 is 2.57 bits per heavy atom. The van der Waals surface area contributed by atoms with E-state index in [0.717, 1.165) is 43.9 Å². The van der Waals surface area contributed by atoms with Gasteiger partial charge in [0, 0.05) is 31.9 Å². The van der Waals surface area contributed by atoms with Crippen molar-refractivity contribution in [2.75, 3.05) is 20.8 Å². The third-order valence-corrected chi connectivity index (χ3v) is 4.16. The molecule has 0 unspecified atom stereocenters. The molecule has 1 saturated carbocycles. The minimum Gasteiger partial charge on any atom is -0.497 e. The van der Waals surface area contributed by atoms with E-state index in [4.69, 9.17) is 9.47 Å². The molecule has 0 saturated heterocycles. The van der Waals surface area contributed by atoms with Gasteiger partial charge in [-0.05, 0) is 37.0 Å². The molecule has 0 spiro atoms. The number of aromatic nitrogens is 3. The van der Waals surface area contributed by atoms with Crippen molar-refractivity contribution in [3.05, 3.63) is 41.7 Å². The van der Waals surface area contributed by atoms with Gasteiger partial charge >= 0.3 is 0 Å². The van der Waals surface area contributed by atoms with E-state index in [0.29, 0.717) is 0 Å². The monoisotopic (exact) mass is 287 g/mol. The van der Waals surface area contributed by atoms with E-state index in [9.17, 15) is 0 Å². The number of ether oxygens (including phenoxy) is 2. The number of nitrogens with zero attached hydrogens (tertiary/aromatic N) is 3. The van der Waals surface area contributed by atoms with E-state index in [1.54, 1.807) is 14.2 Å². The number of benzene rings is 1. The first-order chi connectivity index (χ1) is 10.3. The highest BCUT2D eigenvalue weighted by Gasteiger charge is 2.48. The third-order valence-electron chi connectivity index (χ3n) is 4.16. The van der Waals surface area contributed by atoms with Gasteiger partial charge in [0.2, 0.25) is 0 Å². The van der Waals surface area contributed by atoms with Crippen LogP contribution in [0, 0.1) is 0 Å². The van der Waals surface area contributed by atoms with Crippen LogP contribution in [0.15, 0.2) is 30.5 Å². The first-order valence-electron chi connectivity index (χ1n) is 7.32. The summed E-state index contributed by atoms with van der Waals surface area (Å²) >= 11 is 0. The molecule has 1 fully saturated rings. The molecule has 1 aromatic heterocycles. The van der Waals surface area contributed by atoms with Crippen molar-refractivity contribution in [3.8, 4) is 5.75 Å². The number of hydrogen-bond acceptors (Lipinski definition) is 4. The third kappa shape index (κ3) is 2.78. The van der Waals surface area contributed by atoms with Gasteiger partial charge in [0.25, 0.3) is 0 Å². The molecule has 0 bridgehead atoms. The lowest BCUT2D eigenvalue weighted by Crippen LogP contribution is -2.09. The summed E-state index contributed by atoms with van der Waals surface area (Å²) in [7, 11) is 3.41. The standard InChI is InChI=1S/C16H21N3O2/c1-20-11-3-10-19-12-15(17-18-19)16(8-9-16)13-4-6-14(21-2)7-5-13/h4-7,12H,3,8-11H2,1-2H3. The molecule has 1 aliphatic rings. The van der Waals surface area contributed by atoms with E-state index >= 15 is 0 Å². The maximum absolute atomic E-state index is 5.22. The maximum Gasteiger partial charge on any atom is 0.118 e. The average molecular weight is 287 g/mol. The van der Waals surface area contributed by atoms with Crippen LogP contribution >= 0.6 is 0 Å². The first kappa shape index (κ1) is 14.1. The SMILES string of the molecule is COCCCn1cc(C2(c3ccc(OC)cc3)CC2)nn1. The molecule has 112 valence electrons. The molecule has 5 nitrogen and oxygen atoms in total. The number of hydrogen-bond donors (Lipinski definition) is 0. The van der Waals surface area contributed by atoms with Crippen LogP contribution in [0.1, 0.15) is 30.5 Å². The van der Waals surface area contributed by atoms with Gasteiger partial charge in [-0.3, -0.25) is 4.68 Å². The fourth-order valence-corrected chi connectivity index (χ4v) is 2.73. The van der Waals surface area contributed by atoms with E-state index in [1.165, 1.54) is 5.56 Å². The van der Waals surface area contributed by atoms with Crippen LogP contribution in [0.3, 0.4) is 0 Å². The summed E-state index contributed by atoms with van der Waals surface area (Å²) in [5, 5.41) is 8.63. The Morgan fingerprint density at radius 1 is 1.19 bits per heavy atom. The topological polar surface area (TPSA) is 49.2 Å². The molecule has 0 aliphatic heterocycles. The number of methoxy groups -OCH3 is 2. The van der Waals surface area contributed by atoms with E-state index in [1.807, 2.05) is 16.8 Å². The van der Waals surface area contributed by atoms with E-state index in [2.05, 4.69) is 28.6 Å². The van der Waals surface area contributed by atoms with Gasteiger partial charge in [-0.2, -0.15) is 0 Å². The van der Waals surface area contributed by atoms with Gasteiger partial charge in [0.05, 0.1) is 12.8 Å². The van der Waals surface area contributed by atoms with Gasteiger partial charge in [0.1, 0.15) is 5.75 Å². The van der Waals surface area contributed by atoms with Crippen LogP contribution in [0.5, 0.6) is 5.75 Å². The Morgan fingerprint density at radius 2 is 1.95 bits per heavy atom. The van der Waals surface area contributed by atoms with Crippen molar-refractivity contribution in [3.63, 3.8) is 0 Å². The normalized spacial score (nSPS) is 15.9. The molecule has 3 rings (SSSR count). The quantitative estimate of drug-likeness (QED) is 0.734. The summed E-state index contributed by atoms with van der Waals surface area (Å²) in [6.07, 6.45) is 5.30. The second-order valence-electron chi connectivity index (χ2n) is 5.52. The number of rotatable bonds is 7. The van der Waals surface area contributed by atoms with Gasteiger partial charge in [-0.25, -0.2) is 0 Å². The lowest BCUT2D eigenvalue weighted by atomic mass is 9.93. The highest BCUT2D eigenvalue weighted by atomic mass is 16.5. The zero-order valence-corrected chi connectivity index (χ0v) is 12.6. The summed E-state index contributed by atoms with van der Waals surface area (Å²) in [6.45, 7) is 1.60. The molecule has 5 heteroatoms. The van der Waals surface area contributed by atoms with Crippen molar-refractivity contribution in [2.24, 2.45) is 0 Å². The molecule has 0 atom stereocenters. The van der Waals surface area contributed by atoms with E-state index < -0.39 is 0 Å². The van der Waals surface area contributed by atoms with Crippen LogP contribution < -0.4 is 4.74 Å². The maximum atomic E-state index is 5.22. The number of aryl methyl sites for hydroxylation is 1. The highest BCUT2D eigenvalue weighted by Crippen LogP contribution is 2.52. The zero-order valence-electron chi connectivity index (χ0n) is 12.6. The second kappa shape index (κ2) is 5.85. The minimum atomic E-state index is 0.0613. The van der Waals surface area contributed by atoms with Crippen LogP contribution in [0.25, 0.3) is 0 Å². The van der Waals surface area contributed by atoms with Crippen molar-refractivity contribution in [2.45, 2.75) is 31.2 Å². The van der Waals surface area contributed by atoms with Gasteiger partial charge in [0.15, 0.2) is 0 Å². The smallest absolute Gasteiger partial charge is 0.118 e. The molecule has 21 heavy (non-hydrogen) atoms. The average Bonchev–Trinajstić information content (AvgIpc) is 3.20. The van der Waals surface area contributed by atoms with Crippen LogP contribution in [0.4, 0.5) is 0 Å². The minimum absolute atomic E-state index is 0.0613. The summed E-state index contributed by atoms with van der Waals surface area (Å²) < 4.78 is 12.2. The summed E-state index contributed by atoms with van der Waals surface area (Å²) in [5.41, 5.74) is 2.43.